The second kappa shape index (κ2) is 6.40. The van der Waals surface area contributed by atoms with Gasteiger partial charge in [-0.15, -0.1) is 12.4 Å². The summed E-state index contributed by atoms with van der Waals surface area (Å²) in [6.07, 6.45) is 0.507. The Morgan fingerprint density at radius 3 is 2.36 bits per heavy atom. The maximum absolute atomic E-state index is 10.7. The number of carbonyl (C=O) groups is 1. The van der Waals surface area contributed by atoms with E-state index in [4.69, 9.17) is 10.8 Å². The summed E-state index contributed by atoms with van der Waals surface area (Å²) in [5.74, 6) is -1.30. The number of halogens is 1. The van der Waals surface area contributed by atoms with Crippen molar-refractivity contribution in [3.05, 3.63) is 35.9 Å². The summed E-state index contributed by atoms with van der Waals surface area (Å²) in [5, 5.41) is 8.75. The first-order valence-electron chi connectivity index (χ1n) is 4.21. The van der Waals surface area contributed by atoms with Crippen molar-refractivity contribution in [1.29, 1.82) is 0 Å². The minimum Gasteiger partial charge on any atom is -0.481 e. The van der Waals surface area contributed by atoms with E-state index in [0.717, 1.165) is 5.56 Å². The maximum atomic E-state index is 10.7. The van der Waals surface area contributed by atoms with Crippen LogP contribution in [-0.2, 0) is 11.2 Å². The second-order valence-electron chi connectivity index (χ2n) is 2.96. The molecule has 1 aromatic carbocycles. The molecular weight excluding hydrogens is 202 g/mol. The molecule has 0 saturated heterocycles. The molecule has 0 aliphatic heterocycles. The summed E-state index contributed by atoms with van der Waals surface area (Å²) in [7, 11) is 0. The Kier molecular flexibility index (Phi) is 5.92. The first-order valence-corrected chi connectivity index (χ1v) is 4.21. The standard InChI is InChI=1S/C10H13NO2.ClH/c11-7-9(10(12)13)6-8-4-2-1-3-5-8;/h1-5,9H,6-7,11H2,(H,12,13);1H. The van der Waals surface area contributed by atoms with Gasteiger partial charge in [-0.1, -0.05) is 30.3 Å². The van der Waals surface area contributed by atoms with Crippen molar-refractivity contribution in [2.45, 2.75) is 6.42 Å². The van der Waals surface area contributed by atoms with Crippen LogP contribution in [-0.4, -0.2) is 17.6 Å². The summed E-state index contributed by atoms with van der Waals surface area (Å²) in [6.45, 7) is 0.185. The smallest absolute Gasteiger partial charge is 0.308 e. The summed E-state index contributed by atoms with van der Waals surface area (Å²) < 4.78 is 0. The van der Waals surface area contributed by atoms with E-state index in [-0.39, 0.29) is 19.0 Å². The lowest BCUT2D eigenvalue weighted by atomic mass is 10.00. The molecule has 0 aromatic heterocycles. The molecule has 78 valence electrons. The van der Waals surface area contributed by atoms with E-state index < -0.39 is 11.9 Å². The van der Waals surface area contributed by atoms with Gasteiger partial charge in [0, 0.05) is 6.54 Å². The summed E-state index contributed by atoms with van der Waals surface area (Å²) in [6, 6.07) is 9.51. The monoisotopic (exact) mass is 215 g/mol. The minimum absolute atomic E-state index is 0. The maximum Gasteiger partial charge on any atom is 0.308 e. The molecule has 0 amide bonds. The highest BCUT2D eigenvalue weighted by molar-refractivity contribution is 5.85. The number of benzene rings is 1. The number of carboxylic acids is 1. The van der Waals surface area contributed by atoms with Crippen LogP contribution < -0.4 is 5.73 Å². The number of rotatable bonds is 4. The molecule has 0 saturated carbocycles. The zero-order chi connectivity index (χ0) is 9.68. The van der Waals surface area contributed by atoms with Crippen molar-refractivity contribution in [2.24, 2.45) is 11.7 Å². The van der Waals surface area contributed by atoms with Crippen molar-refractivity contribution in [3.8, 4) is 0 Å². The molecule has 3 N–H and O–H groups in total. The van der Waals surface area contributed by atoms with Gasteiger partial charge in [-0.2, -0.15) is 0 Å². The summed E-state index contributed by atoms with van der Waals surface area (Å²) in [5.41, 5.74) is 6.35. The van der Waals surface area contributed by atoms with E-state index in [2.05, 4.69) is 0 Å². The zero-order valence-electron chi connectivity index (χ0n) is 7.72. The normalized spacial score (nSPS) is 11.5. The lowest BCUT2D eigenvalue weighted by molar-refractivity contribution is -0.141. The number of aliphatic carboxylic acids is 1. The van der Waals surface area contributed by atoms with Gasteiger partial charge in [-0.25, -0.2) is 0 Å². The van der Waals surface area contributed by atoms with Crippen molar-refractivity contribution in [3.63, 3.8) is 0 Å². The van der Waals surface area contributed by atoms with Gasteiger partial charge in [0.2, 0.25) is 0 Å². The summed E-state index contributed by atoms with van der Waals surface area (Å²) in [4.78, 5) is 10.7. The van der Waals surface area contributed by atoms with Gasteiger partial charge in [0.25, 0.3) is 0 Å². The van der Waals surface area contributed by atoms with Gasteiger partial charge < -0.3 is 10.8 Å². The molecule has 0 heterocycles. The number of hydrogen-bond donors (Lipinski definition) is 2. The van der Waals surface area contributed by atoms with Gasteiger partial charge in [0.15, 0.2) is 0 Å². The highest BCUT2D eigenvalue weighted by atomic mass is 35.5. The fraction of sp³-hybridized carbons (Fsp3) is 0.300. The molecule has 1 aromatic rings. The molecule has 1 atom stereocenters. The van der Waals surface area contributed by atoms with E-state index in [1.54, 1.807) is 0 Å². The van der Waals surface area contributed by atoms with Gasteiger partial charge in [-0.05, 0) is 12.0 Å². The Morgan fingerprint density at radius 2 is 1.93 bits per heavy atom. The van der Waals surface area contributed by atoms with Crippen LogP contribution in [0.15, 0.2) is 30.3 Å². The highest BCUT2D eigenvalue weighted by Gasteiger charge is 2.15. The van der Waals surface area contributed by atoms with Crippen LogP contribution in [0.3, 0.4) is 0 Å². The Labute approximate surface area is 89.3 Å². The predicted molar refractivity (Wildman–Crippen MR) is 57.6 cm³/mol. The molecule has 3 nitrogen and oxygen atoms in total. The van der Waals surface area contributed by atoms with Crippen LogP contribution in [0.1, 0.15) is 5.56 Å². The first-order chi connectivity index (χ1) is 6.24. The van der Waals surface area contributed by atoms with Crippen LogP contribution >= 0.6 is 12.4 Å². The molecule has 0 bridgehead atoms. The molecule has 0 spiro atoms. The fourth-order valence-corrected chi connectivity index (χ4v) is 1.17. The average Bonchev–Trinajstić information content (AvgIpc) is 2.15. The third kappa shape index (κ3) is 3.77. The molecule has 0 aliphatic carbocycles. The third-order valence-corrected chi connectivity index (χ3v) is 1.96. The first kappa shape index (κ1) is 12.9. The van der Waals surface area contributed by atoms with Crippen molar-refractivity contribution in [1.82, 2.24) is 0 Å². The lowest BCUT2D eigenvalue weighted by Gasteiger charge is -2.08. The minimum atomic E-state index is -0.827. The van der Waals surface area contributed by atoms with Crippen LogP contribution in [0.4, 0.5) is 0 Å². The van der Waals surface area contributed by atoms with E-state index in [1.165, 1.54) is 0 Å². The number of carboxylic acid groups (broad SMARTS) is 1. The molecule has 0 fully saturated rings. The molecule has 0 aliphatic rings. The highest BCUT2D eigenvalue weighted by Crippen LogP contribution is 2.07. The van der Waals surface area contributed by atoms with E-state index in [1.807, 2.05) is 30.3 Å². The third-order valence-electron chi connectivity index (χ3n) is 1.96. The van der Waals surface area contributed by atoms with Crippen LogP contribution in [0.2, 0.25) is 0 Å². The molecule has 0 radical (unpaired) electrons. The van der Waals surface area contributed by atoms with E-state index in [9.17, 15) is 4.79 Å². The van der Waals surface area contributed by atoms with Crippen molar-refractivity contribution >= 4 is 18.4 Å². The second-order valence-corrected chi connectivity index (χ2v) is 2.96. The van der Waals surface area contributed by atoms with Gasteiger partial charge in [0.05, 0.1) is 5.92 Å². The van der Waals surface area contributed by atoms with Crippen LogP contribution in [0, 0.1) is 5.92 Å². The van der Waals surface area contributed by atoms with E-state index in [0.29, 0.717) is 6.42 Å². The Hall–Kier alpha value is -1.06. The molecule has 1 unspecified atom stereocenters. The predicted octanol–water partition coefficient (Wildman–Crippen LogP) is 1.31. The van der Waals surface area contributed by atoms with Gasteiger partial charge in [0.1, 0.15) is 0 Å². The van der Waals surface area contributed by atoms with Crippen LogP contribution in [0.25, 0.3) is 0 Å². The SMILES string of the molecule is Cl.NCC(Cc1ccccc1)C(=O)O. The van der Waals surface area contributed by atoms with E-state index >= 15 is 0 Å². The topological polar surface area (TPSA) is 63.3 Å². The van der Waals surface area contributed by atoms with Crippen molar-refractivity contribution in [2.75, 3.05) is 6.54 Å². The van der Waals surface area contributed by atoms with Gasteiger partial charge in [-0.3, -0.25) is 4.79 Å². The molecule has 1 rings (SSSR count). The number of nitrogens with two attached hydrogens (primary N) is 1. The molecule has 4 heteroatoms. The summed E-state index contributed by atoms with van der Waals surface area (Å²) >= 11 is 0. The van der Waals surface area contributed by atoms with Crippen molar-refractivity contribution < 1.29 is 9.90 Å². The van der Waals surface area contributed by atoms with Gasteiger partial charge >= 0.3 is 5.97 Å². The largest absolute Gasteiger partial charge is 0.481 e. The Bertz CT molecular complexity index is 277. The average molecular weight is 216 g/mol. The quantitative estimate of drug-likeness (QED) is 0.796. The van der Waals surface area contributed by atoms with Crippen LogP contribution in [0.5, 0.6) is 0 Å². The molecular formula is C10H14ClNO2. The Morgan fingerprint density at radius 1 is 1.36 bits per heavy atom. The lowest BCUT2D eigenvalue weighted by Crippen LogP contribution is -2.25. The zero-order valence-corrected chi connectivity index (χ0v) is 8.54. The Balaban J connectivity index is 0.00000169. The molecule has 14 heavy (non-hydrogen) atoms. The number of hydrogen-bond acceptors (Lipinski definition) is 2. The fourth-order valence-electron chi connectivity index (χ4n) is 1.17.